The van der Waals surface area contributed by atoms with Gasteiger partial charge in [0, 0.05) is 16.8 Å². The van der Waals surface area contributed by atoms with E-state index >= 15 is 0 Å². The minimum Gasteiger partial charge on any atom is -0.343 e. The largest absolute Gasteiger partial charge is 0.343 e. The first kappa shape index (κ1) is 16.4. The highest BCUT2D eigenvalue weighted by Crippen LogP contribution is 2.11. The van der Waals surface area contributed by atoms with Crippen LogP contribution in [0.3, 0.4) is 0 Å². The lowest BCUT2D eigenvalue weighted by atomic mass is 10.1. The van der Waals surface area contributed by atoms with Gasteiger partial charge in [-0.2, -0.15) is 0 Å². The Morgan fingerprint density at radius 3 is 2.35 bits per heavy atom. The molecule has 0 heterocycles. The van der Waals surface area contributed by atoms with Gasteiger partial charge in [0.05, 0.1) is 6.54 Å². The molecule has 0 fully saturated rings. The van der Waals surface area contributed by atoms with Crippen LogP contribution in [0.2, 0.25) is 0 Å². The van der Waals surface area contributed by atoms with Gasteiger partial charge in [0.2, 0.25) is 5.91 Å². The van der Waals surface area contributed by atoms with E-state index in [1.54, 1.807) is 24.3 Å². The molecule has 0 aliphatic rings. The molecule has 0 saturated carbocycles. The summed E-state index contributed by atoms with van der Waals surface area (Å²) in [4.78, 5) is 34.9. The smallest absolute Gasteiger partial charge is 0.251 e. The Hall–Kier alpha value is -3.02. The standard InChI is InChI=1S/C17H15FN2O3/c1-11(21)13-3-2-4-15(9-13)20-16(22)10-19-17(23)12-5-7-14(18)8-6-12/h2-9H,10H2,1H3,(H,19,23)(H,20,22). The van der Waals surface area contributed by atoms with Crippen molar-refractivity contribution in [2.75, 3.05) is 11.9 Å². The van der Waals surface area contributed by atoms with E-state index in [0.717, 1.165) is 0 Å². The van der Waals surface area contributed by atoms with E-state index in [4.69, 9.17) is 0 Å². The molecule has 0 atom stereocenters. The highest BCUT2D eigenvalue weighted by Gasteiger charge is 2.09. The fourth-order valence-corrected chi connectivity index (χ4v) is 1.89. The van der Waals surface area contributed by atoms with Gasteiger partial charge in [0.15, 0.2) is 5.78 Å². The van der Waals surface area contributed by atoms with Crippen molar-refractivity contribution in [3.05, 3.63) is 65.5 Å². The predicted octanol–water partition coefficient (Wildman–Crippen LogP) is 2.40. The third kappa shape index (κ3) is 4.74. The summed E-state index contributed by atoms with van der Waals surface area (Å²) >= 11 is 0. The number of halogens is 1. The second-order valence-electron chi connectivity index (χ2n) is 4.87. The average Bonchev–Trinajstić information content (AvgIpc) is 2.53. The third-order valence-electron chi connectivity index (χ3n) is 3.07. The third-order valence-corrected chi connectivity index (χ3v) is 3.07. The van der Waals surface area contributed by atoms with Crippen LogP contribution in [0.15, 0.2) is 48.5 Å². The summed E-state index contributed by atoms with van der Waals surface area (Å²) in [6.45, 7) is 1.20. The summed E-state index contributed by atoms with van der Waals surface area (Å²) in [5.74, 6) is -1.45. The molecular weight excluding hydrogens is 299 g/mol. The molecule has 23 heavy (non-hydrogen) atoms. The number of rotatable bonds is 5. The molecule has 2 aromatic carbocycles. The first-order valence-electron chi connectivity index (χ1n) is 6.90. The molecule has 0 unspecified atom stereocenters. The minimum absolute atomic E-state index is 0.106. The minimum atomic E-state index is -0.474. The Kier molecular flexibility index (Phi) is 5.19. The van der Waals surface area contributed by atoms with Crippen LogP contribution in [0.25, 0.3) is 0 Å². The van der Waals surface area contributed by atoms with E-state index in [-0.39, 0.29) is 17.9 Å². The van der Waals surface area contributed by atoms with Crippen LogP contribution in [0.4, 0.5) is 10.1 Å². The molecule has 0 aromatic heterocycles. The lowest BCUT2D eigenvalue weighted by molar-refractivity contribution is -0.115. The number of carbonyl (C=O) groups excluding carboxylic acids is 3. The average molecular weight is 314 g/mol. The summed E-state index contributed by atoms with van der Waals surface area (Å²) in [6.07, 6.45) is 0. The SMILES string of the molecule is CC(=O)c1cccc(NC(=O)CNC(=O)c2ccc(F)cc2)c1. The van der Waals surface area contributed by atoms with Crippen LogP contribution in [-0.2, 0) is 4.79 Å². The normalized spacial score (nSPS) is 10.0. The van der Waals surface area contributed by atoms with E-state index < -0.39 is 17.6 Å². The van der Waals surface area contributed by atoms with Gasteiger partial charge < -0.3 is 10.6 Å². The molecule has 6 heteroatoms. The first-order chi connectivity index (χ1) is 11.0. The van der Waals surface area contributed by atoms with E-state index in [2.05, 4.69) is 10.6 Å². The van der Waals surface area contributed by atoms with Crippen LogP contribution in [-0.4, -0.2) is 24.1 Å². The van der Waals surface area contributed by atoms with Gasteiger partial charge in [-0.05, 0) is 43.3 Å². The van der Waals surface area contributed by atoms with Gasteiger partial charge in [-0.25, -0.2) is 4.39 Å². The Bertz CT molecular complexity index is 742. The van der Waals surface area contributed by atoms with Crippen molar-refractivity contribution in [2.24, 2.45) is 0 Å². The summed E-state index contributed by atoms with van der Waals surface area (Å²) in [5, 5.41) is 5.02. The molecule has 118 valence electrons. The van der Waals surface area contributed by atoms with Crippen LogP contribution in [0, 0.1) is 5.82 Å². The first-order valence-corrected chi connectivity index (χ1v) is 6.90. The van der Waals surface area contributed by atoms with Gasteiger partial charge in [0.1, 0.15) is 5.82 Å². The van der Waals surface area contributed by atoms with Crippen molar-refractivity contribution in [1.82, 2.24) is 5.32 Å². The van der Waals surface area contributed by atoms with Crippen LogP contribution < -0.4 is 10.6 Å². The summed E-state index contributed by atoms with van der Waals surface area (Å²) in [6, 6.07) is 11.5. The number of amides is 2. The maximum absolute atomic E-state index is 12.8. The molecular formula is C17H15FN2O3. The van der Waals surface area contributed by atoms with Crippen molar-refractivity contribution in [2.45, 2.75) is 6.92 Å². The number of nitrogens with one attached hydrogen (secondary N) is 2. The van der Waals surface area contributed by atoms with Crippen molar-refractivity contribution < 1.29 is 18.8 Å². The lowest BCUT2D eigenvalue weighted by Crippen LogP contribution is -2.32. The van der Waals surface area contributed by atoms with Gasteiger partial charge in [-0.3, -0.25) is 14.4 Å². The molecule has 2 N–H and O–H groups in total. The highest BCUT2D eigenvalue weighted by molar-refractivity contribution is 6.00. The van der Waals surface area contributed by atoms with E-state index in [1.165, 1.54) is 31.2 Å². The van der Waals surface area contributed by atoms with Crippen molar-refractivity contribution in [3.8, 4) is 0 Å². The van der Waals surface area contributed by atoms with E-state index in [9.17, 15) is 18.8 Å². The topological polar surface area (TPSA) is 75.3 Å². The quantitative estimate of drug-likeness (QED) is 0.832. The number of carbonyl (C=O) groups is 3. The summed E-state index contributed by atoms with van der Waals surface area (Å²) in [5.41, 5.74) is 1.22. The lowest BCUT2D eigenvalue weighted by Gasteiger charge is -2.08. The van der Waals surface area contributed by atoms with Gasteiger partial charge in [-0.1, -0.05) is 12.1 Å². The molecule has 0 aliphatic carbocycles. The zero-order chi connectivity index (χ0) is 16.8. The molecule has 0 bridgehead atoms. The highest BCUT2D eigenvalue weighted by atomic mass is 19.1. The van der Waals surface area contributed by atoms with Gasteiger partial charge in [-0.15, -0.1) is 0 Å². The van der Waals surface area contributed by atoms with Crippen molar-refractivity contribution in [3.63, 3.8) is 0 Å². The molecule has 0 aliphatic heterocycles. The van der Waals surface area contributed by atoms with Crippen molar-refractivity contribution >= 4 is 23.3 Å². The molecule has 2 rings (SSSR count). The Morgan fingerprint density at radius 2 is 1.70 bits per heavy atom. The Balaban J connectivity index is 1.90. The number of benzene rings is 2. The fraction of sp³-hybridized carbons (Fsp3) is 0.118. The number of ketones is 1. The molecule has 0 spiro atoms. The number of hydrogen-bond acceptors (Lipinski definition) is 3. The number of Topliss-reactive ketones (excluding diaryl/α,β-unsaturated/α-hetero) is 1. The monoisotopic (exact) mass is 314 g/mol. The van der Waals surface area contributed by atoms with E-state index in [0.29, 0.717) is 11.3 Å². The van der Waals surface area contributed by atoms with Crippen LogP contribution >= 0.6 is 0 Å². The predicted molar refractivity (Wildman–Crippen MR) is 83.8 cm³/mol. The molecule has 0 saturated heterocycles. The molecule has 2 aromatic rings. The fourth-order valence-electron chi connectivity index (χ4n) is 1.89. The second-order valence-corrected chi connectivity index (χ2v) is 4.87. The van der Waals surface area contributed by atoms with Crippen LogP contribution in [0.5, 0.6) is 0 Å². The van der Waals surface area contributed by atoms with Crippen LogP contribution in [0.1, 0.15) is 27.6 Å². The maximum atomic E-state index is 12.8. The number of hydrogen-bond donors (Lipinski definition) is 2. The Labute approximate surface area is 132 Å². The maximum Gasteiger partial charge on any atom is 0.251 e. The van der Waals surface area contributed by atoms with E-state index in [1.807, 2.05) is 0 Å². The van der Waals surface area contributed by atoms with Crippen molar-refractivity contribution in [1.29, 1.82) is 0 Å². The number of anilines is 1. The summed E-state index contributed by atoms with van der Waals surface area (Å²) in [7, 11) is 0. The summed E-state index contributed by atoms with van der Waals surface area (Å²) < 4.78 is 12.8. The van der Waals surface area contributed by atoms with Gasteiger partial charge in [0.25, 0.3) is 5.91 Å². The Morgan fingerprint density at radius 1 is 1.00 bits per heavy atom. The molecule has 0 radical (unpaired) electrons. The zero-order valence-corrected chi connectivity index (χ0v) is 12.4. The molecule has 5 nitrogen and oxygen atoms in total. The van der Waals surface area contributed by atoms with Gasteiger partial charge >= 0.3 is 0 Å². The molecule has 2 amide bonds. The second kappa shape index (κ2) is 7.31. The zero-order valence-electron chi connectivity index (χ0n) is 12.4.